The highest BCUT2D eigenvalue weighted by atomic mass is 127. The molecule has 0 aliphatic rings. The molecule has 3 N–H and O–H groups in total. The van der Waals surface area contributed by atoms with Crippen molar-refractivity contribution in [1.29, 1.82) is 0 Å². The van der Waals surface area contributed by atoms with Crippen LogP contribution in [0.25, 0.3) is 0 Å². The number of rotatable bonds is 8. The molecule has 0 radical (unpaired) electrons. The summed E-state index contributed by atoms with van der Waals surface area (Å²) in [7, 11) is 0. The van der Waals surface area contributed by atoms with E-state index in [2.05, 4.69) is 20.3 Å². The van der Waals surface area contributed by atoms with Crippen LogP contribution in [0.4, 0.5) is 0 Å². The van der Waals surface area contributed by atoms with E-state index in [-0.39, 0.29) is 24.0 Å². The quantitative estimate of drug-likeness (QED) is 0.288. The largest absolute Gasteiger partial charge is 0.473 e. The van der Waals surface area contributed by atoms with Crippen LogP contribution in [0, 0.1) is 0 Å². The van der Waals surface area contributed by atoms with E-state index in [0.29, 0.717) is 31.5 Å². The van der Waals surface area contributed by atoms with Crippen molar-refractivity contribution >= 4 is 29.9 Å². The zero-order chi connectivity index (χ0) is 18.7. The van der Waals surface area contributed by atoms with Crippen molar-refractivity contribution in [2.24, 2.45) is 10.7 Å². The summed E-state index contributed by atoms with van der Waals surface area (Å²) in [5, 5.41) is 3.10. The summed E-state index contributed by atoms with van der Waals surface area (Å²) in [5.74, 6) is 0.989. The normalized spacial score (nSPS) is 10.8. The van der Waals surface area contributed by atoms with Gasteiger partial charge >= 0.3 is 0 Å². The van der Waals surface area contributed by atoms with E-state index in [1.165, 1.54) is 0 Å². The van der Waals surface area contributed by atoms with Crippen molar-refractivity contribution in [1.82, 2.24) is 15.3 Å². The van der Waals surface area contributed by atoms with Gasteiger partial charge in [-0.1, -0.05) is 36.4 Å². The Morgan fingerprint density at radius 1 is 0.964 bits per heavy atom. The zero-order valence-electron chi connectivity index (χ0n) is 15.5. The third-order valence-corrected chi connectivity index (χ3v) is 3.87. The number of nitrogens with two attached hydrogens (primary N) is 1. The number of pyridine rings is 2. The van der Waals surface area contributed by atoms with Crippen molar-refractivity contribution in [3.05, 3.63) is 89.9 Å². The minimum atomic E-state index is 0. The van der Waals surface area contributed by atoms with Crippen LogP contribution in [0.1, 0.15) is 16.8 Å². The lowest BCUT2D eigenvalue weighted by atomic mass is 10.2. The number of benzene rings is 1. The first-order valence-electron chi connectivity index (χ1n) is 8.85. The lowest BCUT2D eigenvalue weighted by molar-refractivity contribution is 0.293. The molecule has 2 heterocycles. The fourth-order valence-electron chi connectivity index (χ4n) is 2.46. The van der Waals surface area contributed by atoms with Crippen molar-refractivity contribution in [2.75, 3.05) is 6.54 Å². The first-order chi connectivity index (χ1) is 13.3. The second kappa shape index (κ2) is 11.9. The number of aliphatic imine (C=N–C) groups is 1. The van der Waals surface area contributed by atoms with Gasteiger partial charge in [0, 0.05) is 37.1 Å². The highest BCUT2D eigenvalue weighted by Crippen LogP contribution is 2.12. The fourth-order valence-corrected chi connectivity index (χ4v) is 2.46. The number of guanidine groups is 1. The molecular weight excluding hydrogens is 465 g/mol. The molecule has 7 heteroatoms. The number of hydrogen-bond acceptors (Lipinski definition) is 4. The number of aromatic nitrogens is 2. The molecule has 0 aliphatic heterocycles. The van der Waals surface area contributed by atoms with E-state index in [0.717, 1.165) is 23.2 Å². The van der Waals surface area contributed by atoms with Gasteiger partial charge in [0.25, 0.3) is 0 Å². The van der Waals surface area contributed by atoms with E-state index >= 15 is 0 Å². The topological polar surface area (TPSA) is 85.4 Å². The van der Waals surface area contributed by atoms with Crippen molar-refractivity contribution < 1.29 is 4.74 Å². The average Bonchev–Trinajstić information content (AvgIpc) is 2.73. The first-order valence-corrected chi connectivity index (χ1v) is 8.85. The Labute approximate surface area is 182 Å². The van der Waals surface area contributed by atoms with E-state index in [1.807, 2.05) is 60.7 Å². The Morgan fingerprint density at radius 3 is 2.57 bits per heavy atom. The molecule has 0 unspecified atom stereocenters. The number of halogens is 1. The molecule has 28 heavy (non-hydrogen) atoms. The molecule has 146 valence electrons. The fraction of sp³-hybridized carbons (Fsp3) is 0.190. The standard InChI is InChI=1S/C21H23N5O.HI/c22-21(25-13-10-19-8-4-5-11-23-19)26-15-18-9-12-24-20(14-18)27-16-17-6-2-1-3-7-17;/h1-9,11-12,14H,10,13,15-16H2,(H3,22,25,26);1H. The molecular formula is C21H24IN5O. The molecule has 1 aromatic carbocycles. The van der Waals surface area contributed by atoms with Gasteiger partial charge in [-0.05, 0) is 29.3 Å². The molecule has 3 aromatic rings. The Bertz CT molecular complexity index is 859. The summed E-state index contributed by atoms with van der Waals surface area (Å²) in [6.07, 6.45) is 4.30. The third-order valence-electron chi connectivity index (χ3n) is 3.87. The third kappa shape index (κ3) is 7.51. The molecule has 0 spiro atoms. The minimum absolute atomic E-state index is 0. The molecule has 0 saturated carbocycles. The summed E-state index contributed by atoms with van der Waals surface area (Å²) in [6, 6.07) is 19.6. The van der Waals surface area contributed by atoms with E-state index in [4.69, 9.17) is 10.5 Å². The maximum atomic E-state index is 5.93. The van der Waals surface area contributed by atoms with Crippen LogP contribution < -0.4 is 15.8 Å². The van der Waals surface area contributed by atoms with Crippen LogP contribution in [0.5, 0.6) is 5.88 Å². The van der Waals surface area contributed by atoms with E-state index in [9.17, 15) is 0 Å². The maximum absolute atomic E-state index is 5.93. The van der Waals surface area contributed by atoms with Gasteiger partial charge in [0.05, 0.1) is 6.54 Å². The average molecular weight is 489 g/mol. The number of ether oxygens (including phenoxy) is 1. The van der Waals surface area contributed by atoms with Crippen LogP contribution in [0.15, 0.2) is 78.0 Å². The molecule has 0 atom stereocenters. The lowest BCUT2D eigenvalue weighted by Crippen LogP contribution is -2.33. The number of nitrogens with zero attached hydrogens (tertiary/aromatic N) is 3. The molecule has 3 rings (SSSR count). The second-order valence-electron chi connectivity index (χ2n) is 5.98. The van der Waals surface area contributed by atoms with Gasteiger partial charge in [-0.25, -0.2) is 9.98 Å². The molecule has 0 saturated heterocycles. The summed E-state index contributed by atoms with van der Waals surface area (Å²) in [6.45, 7) is 1.64. The number of hydrogen-bond donors (Lipinski definition) is 2. The molecule has 0 bridgehead atoms. The first kappa shape index (κ1) is 21.6. The predicted molar refractivity (Wildman–Crippen MR) is 122 cm³/mol. The SMILES string of the molecule is I.NC(=NCc1ccnc(OCc2ccccc2)c1)NCCc1ccccn1. The Balaban J connectivity index is 0.00000280. The van der Waals surface area contributed by atoms with Crippen LogP contribution in [-0.2, 0) is 19.6 Å². The van der Waals surface area contributed by atoms with Crippen LogP contribution >= 0.6 is 24.0 Å². The molecule has 0 aliphatic carbocycles. The van der Waals surface area contributed by atoms with Crippen molar-refractivity contribution in [2.45, 2.75) is 19.6 Å². The van der Waals surface area contributed by atoms with Gasteiger partial charge in [-0.3, -0.25) is 4.98 Å². The van der Waals surface area contributed by atoms with Gasteiger partial charge in [-0.2, -0.15) is 0 Å². The monoisotopic (exact) mass is 489 g/mol. The molecule has 2 aromatic heterocycles. The second-order valence-corrected chi connectivity index (χ2v) is 5.98. The maximum Gasteiger partial charge on any atom is 0.213 e. The van der Waals surface area contributed by atoms with Crippen molar-refractivity contribution in [3.8, 4) is 5.88 Å². The summed E-state index contributed by atoms with van der Waals surface area (Å²) >= 11 is 0. The lowest BCUT2D eigenvalue weighted by Gasteiger charge is -2.07. The highest BCUT2D eigenvalue weighted by Gasteiger charge is 2.00. The summed E-state index contributed by atoms with van der Waals surface area (Å²) < 4.78 is 5.74. The van der Waals surface area contributed by atoms with E-state index < -0.39 is 0 Å². The number of nitrogens with one attached hydrogen (secondary N) is 1. The van der Waals surface area contributed by atoms with Gasteiger partial charge in [0.15, 0.2) is 5.96 Å². The van der Waals surface area contributed by atoms with Gasteiger partial charge < -0.3 is 15.8 Å². The van der Waals surface area contributed by atoms with E-state index in [1.54, 1.807) is 12.4 Å². The van der Waals surface area contributed by atoms with Gasteiger partial charge in [0.2, 0.25) is 5.88 Å². The predicted octanol–water partition coefficient (Wildman–Crippen LogP) is 3.32. The van der Waals surface area contributed by atoms with Crippen LogP contribution in [0.2, 0.25) is 0 Å². The molecule has 6 nitrogen and oxygen atoms in total. The van der Waals surface area contributed by atoms with Crippen LogP contribution in [-0.4, -0.2) is 22.5 Å². The Morgan fingerprint density at radius 2 is 1.79 bits per heavy atom. The highest BCUT2D eigenvalue weighted by molar-refractivity contribution is 14.0. The van der Waals surface area contributed by atoms with Gasteiger partial charge in [0.1, 0.15) is 6.61 Å². The van der Waals surface area contributed by atoms with Gasteiger partial charge in [-0.15, -0.1) is 24.0 Å². The smallest absolute Gasteiger partial charge is 0.213 e. The minimum Gasteiger partial charge on any atom is -0.473 e. The Kier molecular flexibility index (Phi) is 9.20. The summed E-state index contributed by atoms with van der Waals surface area (Å²) in [4.78, 5) is 12.9. The molecule has 0 fully saturated rings. The van der Waals surface area contributed by atoms with Crippen LogP contribution in [0.3, 0.4) is 0 Å². The zero-order valence-corrected chi connectivity index (χ0v) is 17.8. The van der Waals surface area contributed by atoms with Crippen molar-refractivity contribution in [3.63, 3.8) is 0 Å². The Hall–Kier alpha value is -2.68. The summed E-state index contributed by atoms with van der Waals surface area (Å²) in [5.41, 5.74) is 9.04. The molecule has 0 amide bonds.